The SMILES string of the molecule is CN(C)C(=O)CCNCc1c(F)cccc1F. The Bertz CT molecular complexity index is 374. The molecule has 0 aliphatic carbocycles. The van der Waals surface area contributed by atoms with Crippen molar-refractivity contribution in [2.45, 2.75) is 13.0 Å². The van der Waals surface area contributed by atoms with Gasteiger partial charge in [0.1, 0.15) is 11.6 Å². The quantitative estimate of drug-likeness (QED) is 0.794. The molecule has 0 radical (unpaired) electrons. The first kappa shape index (κ1) is 13.6. The first-order chi connectivity index (χ1) is 8.02. The van der Waals surface area contributed by atoms with Crippen molar-refractivity contribution in [2.24, 2.45) is 0 Å². The predicted octanol–water partition coefficient (Wildman–Crippen LogP) is 1.53. The Morgan fingerprint density at radius 3 is 2.41 bits per heavy atom. The summed E-state index contributed by atoms with van der Waals surface area (Å²) in [4.78, 5) is 12.7. The number of rotatable bonds is 5. The number of benzene rings is 1. The maximum Gasteiger partial charge on any atom is 0.223 e. The van der Waals surface area contributed by atoms with Crippen molar-refractivity contribution in [3.63, 3.8) is 0 Å². The fourth-order valence-corrected chi connectivity index (χ4v) is 1.33. The van der Waals surface area contributed by atoms with Crippen LogP contribution in [0.2, 0.25) is 0 Å². The second kappa shape index (κ2) is 6.30. The summed E-state index contributed by atoms with van der Waals surface area (Å²) < 4.78 is 26.4. The second-order valence-electron chi connectivity index (χ2n) is 3.92. The Morgan fingerprint density at radius 1 is 1.29 bits per heavy atom. The van der Waals surface area contributed by atoms with Crippen LogP contribution in [-0.2, 0) is 11.3 Å². The molecule has 1 rings (SSSR count). The van der Waals surface area contributed by atoms with Crippen LogP contribution in [0, 0.1) is 11.6 Å². The zero-order valence-electron chi connectivity index (χ0n) is 9.96. The fraction of sp³-hybridized carbons (Fsp3) is 0.417. The summed E-state index contributed by atoms with van der Waals surface area (Å²) in [6.45, 7) is 0.476. The molecule has 0 fully saturated rings. The number of carbonyl (C=O) groups is 1. The van der Waals surface area contributed by atoms with Crippen molar-refractivity contribution in [3.8, 4) is 0 Å². The smallest absolute Gasteiger partial charge is 0.223 e. The lowest BCUT2D eigenvalue weighted by Crippen LogP contribution is -2.26. The molecule has 94 valence electrons. The van der Waals surface area contributed by atoms with Gasteiger partial charge in [-0.25, -0.2) is 8.78 Å². The minimum Gasteiger partial charge on any atom is -0.349 e. The largest absolute Gasteiger partial charge is 0.349 e. The Kier molecular flexibility index (Phi) is 5.03. The molecule has 17 heavy (non-hydrogen) atoms. The van der Waals surface area contributed by atoms with E-state index < -0.39 is 11.6 Å². The van der Waals surface area contributed by atoms with Gasteiger partial charge >= 0.3 is 0 Å². The molecule has 0 saturated heterocycles. The number of amides is 1. The minimum absolute atomic E-state index is 0.00445. The summed E-state index contributed by atoms with van der Waals surface area (Å²) in [7, 11) is 3.33. The normalized spacial score (nSPS) is 10.4. The molecule has 1 N–H and O–H groups in total. The second-order valence-corrected chi connectivity index (χ2v) is 3.92. The summed E-state index contributed by atoms with van der Waals surface area (Å²) in [6.07, 6.45) is 0.309. The average Bonchev–Trinajstić information content (AvgIpc) is 2.27. The van der Waals surface area contributed by atoms with E-state index in [9.17, 15) is 13.6 Å². The molecule has 0 spiro atoms. The van der Waals surface area contributed by atoms with E-state index >= 15 is 0 Å². The van der Waals surface area contributed by atoms with Crippen LogP contribution < -0.4 is 5.32 Å². The van der Waals surface area contributed by atoms with Gasteiger partial charge in [-0.2, -0.15) is 0 Å². The zero-order chi connectivity index (χ0) is 12.8. The van der Waals surface area contributed by atoms with Crippen LogP contribution in [0.5, 0.6) is 0 Å². The third kappa shape index (κ3) is 4.11. The molecule has 0 aliphatic rings. The Morgan fingerprint density at radius 2 is 1.88 bits per heavy atom. The average molecular weight is 242 g/mol. The van der Waals surface area contributed by atoms with E-state index in [-0.39, 0.29) is 18.0 Å². The molecule has 0 heterocycles. The first-order valence-electron chi connectivity index (χ1n) is 5.36. The van der Waals surface area contributed by atoms with Crippen molar-refractivity contribution in [2.75, 3.05) is 20.6 Å². The van der Waals surface area contributed by atoms with Crippen LogP contribution in [0.1, 0.15) is 12.0 Å². The van der Waals surface area contributed by atoms with Gasteiger partial charge in [-0.05, 0) is 12.1 Å². The van der Waals surface area contributed by atoms with Gasteiger partial charge in [0.25, 0.3) is 0 Å². The van der Waals surface area contributed by atoms with Gasteiger partial charge in [0.2, 0.25) is 5.91 Å². The molecule has 1 aromatic rings. The third-order valence-electron chi connectivity index (χ3n) is 2.38. The molecule has 5 heteroatoms. The molecule has 0 saturated carbocycles. The van der Waals surface area contributed by atoms with Crippen LogP contribution in [-0.4, -0.2) is 31.4 Å². The number of hydrogen-bond acceptors (Lipinski definition) is 2. The van der Waals surface area contributed by atoms with Gasteiger partial charge in [-0.15, -0.1) is 0 Å². The highest BCUT2D eigenvalue weighted by atomic mass is 19.1. The molecule has 0 unspecified atom stereocenters. The van der Waals surface area contributed by atoms with Gasteiger partial charge in [0, 0.05) is 39.2 Å². The van der Waals surface area contributed by atoms with E-state index in [0.29, 0.717) is 13.0 Å². The van der Waals surface area contributed by atoms with E-state index in [4.69, 9.17) is 0 Å². The van der Waals surface area contributed by atoms with Gasteiger partial charge in [0.05, 0.1) is 0 Å². The maximum absolute atomic E-state index is 13.2. The number of carbonyl (C=O) groups excluding carboxylic acids is 1. The summed E-state index contributed by atoms with van der Waals surface area (Å²) in [6, 6.07) is 3.75. The molecular weight excluding hydrogens is 226 g/mol. The highest BCUT2D eigenvalue weighted by Crippen LogP contribution is 2.11. The van der Waals surface area contributed by atoms with E-state index in [1.165, 1.54) is 23.1 Å². The van der Waals surface area contributed by atoms with Crippen molar-refractivity contribution >= 4 is 5.91 Å². The monoisotopic (exact) mass is 242 g/mol. The van der Waals surface area contributed by atoms with Crippen LogP contribution >= 0.6 is 0 Å². The number of nitrogens with one attached hydrogen (secondary N) is 1. The predicted molar refractivity (Wildman–Crippen MR) is 61.4 cm³/mol. The van der Waals surface area contributed by atoms with Crippen molar-refractivity contribution < 1.29 is 13.6 Å². The van der Waals surface area contributed by atoms with Gasteiger partial charge in [-0.1, -0.05) is 6.07 Å². The fourth-order valence-electron chi connectivity index (χ4n) is 1.33. The van der Waals surface area contributed by atoms with E-state index in [1.54, 1.807) is 14.1 Å². The molecule has 0 bridgehead atoms. The number of halogens is 2. The van der Waals surface area contributed by atoms with Gasteiger partial charge in [0.15, 0.2) is 0 Å². The van der Waals surface area contributed by atoms with Crippen molar-refractivity contribution in [1.82, 2.24) is 10.2 Å². The van der Waals surface area contributed by atoms with Crippen LogP contribution in [0.15, 0.2) is 18.2 Å². The summed E-state index contributed by atoms with van der Waals surface area (Å²) in [5.74, 6) is -1.17. The molecule has 1 amide bonds. The highest BCUT2D eigenvalue weighted by molar-refractivity contribution is 5.75. The molecule has 3 nitrogen and oxygen atoms in total. The van der Waals surface area contributed by atoms with Crippen LogP contribution in [0.25, 0.3) is 0 Å². The Balaban J connectivity index is 2.39. The van der Waals surface area contributed by atoms with Crippen LogP contribution in [0.4, 0.5) is 8.78 Å². The standard InChI is InChI=1S/C12H16F2N2O/c1-16(2)12(17)6-7-15-8-9-10(13)4-3-5-11(9)14/h3-5,15H,6-8H2,1-2H3. The summed E-state index contributed by atoms with van der Waals surface area (Å²) in [5, 5.41) is 2.84. The Hall–Kier alpha value is -1.49. The highest BCUT2D eigenvalue weighted by Gasteiger charge is 2.08. The molecule has 1 aromatic carbocycles. The van der Waals surface area contributed by atoms with Crippen LogP contribution in [0.3, 0.4) is 0 Å². The summed E-state index contributed by atoms with van der Waals surface area (Å²) in [5.41, 5.74) is 0.00445. The van der Waals surface area contributed by atoms with Crippen molar-refractivity contribution in [3.05, 3.63) is 35.4 Å². The molecule has 0 atom stereocenters. The van der Waals surface area contributed by atoms with E-state index in [0.717, 1.165) is 0 Å². The van der Waals surface area contributed by atoms with Gasteiger partial charge in [-0.3, -0.25) is 4.79 Å². The third-order valence-corrected chi connectivity index (χ3v) is 2.38. The lowest BCUT2D eigenvalue weighted by molar-refractivity contribution is -0.128. The minimum atomic E-state index is -0.573. The van der Waals surface area contributed by atoms with E-state index in [2.05, 4.69) is 5.32 Å². The van der Waals surface area contributed by atoms with Gasteiger partial charge < -0.3 is 10.2 Å². The number of nitrogens with zero attached hydrogens (tertiary/aromatic N) is 1. The number of hydrogen-bond donors (Lipinski definition) is 1. The van der Waals surface area contributed by atoms with E-state index in [1.807, 2.05) is 0 Å². The Labute approximate surface area is 99.4 Å². The molecule has 0 aromatic heterocycles. The lowest BCUT2D eigenvalue weighted by Gasteiger charge is -2.11. The summed E-state index contributed by atoms with van der Waals surface area (Å²) >= 11 is 0. The maximum atomic E-state index is 13.2. The topological polar surface area (TPSA) is 32.3 Å². The molecular formula is C12H16F2N2O. The molecule has 0 aliphatic heterocycles. The van der Waals surface area contributed by atoms with Crippen molar-refractivity contribution in [1.29, 1.82) is 0 Å². The lowest BCUT2D eigenvalue weighted by atomic mass is 10.2. The zero-order valence-corrected chi connectivity index (χ0v) is 9.96. The first-order valence-corrected chi connectivity index (χ1v) is 5.36.